The van der Waals surface area contributed by atoms with E-state index in [1.165, 1.54) is 12.8 Å². The molecule has 140 valence electrons. The predicted molar refractivity (Wildman–Crippen MR) is 107 cm³/mol. The van der Waals surface area contributed by atoms with E-state index in [-0.39, 0.29) is 12.4 Å². The van der Waals surface area contributed by atoms with Crippen molar-refractivity contribution in [3.05, 3.63) is 35.6 Å². The number of rotatable bonds is 4. The van der Waals surface area contributed by atoms with Crippen LogP contribution in [0.25, 0.3) is 10.6 Å². The molecule has 0 atom stereocenters. The normalized spacial score (nSPS) is 19.4. The zero-order valence-electron chi connectivity index (χ0n) is 14.8. The van der Waals surface area contributed by atoms with Crippen molar-refractivity contribution < 1.29 is 4.79 Å². The molecule has 26 heavy (non-hydrogen) atoms. The van der Waals surface area contributed by atoms with E-state index < -0.39 is 0 Å². The molecule has 1 N–H and O–H groups in total. The van der Waals surface area contributed by atoms with E-state index in [0.717, 1.165) is 55.3 Å². The van der Waals surface area contributed by atoms with E-state index >= 15 is 0 Å². The molecule has 2 aliphatic heterocycles. The predicted octanol–water partition coefficient (Wildman–Crippen LogP) is 3.16. The van der Waals surface area contributed by atoms with Crippen molar-refractivity contribution in [1.82, 2.24) is 20.2 Å². The number of halogens is 1. The third-order valence-electron chi connectivity index (χ3n) is 5.51. The van der Waals surface area contributed by atoms with Crippen LogP contribution in [0, 0.1) is 5.41 Å². The van der Waals surface area contributed by atoms with Crippen molar-refractivity contribution in [3.63, 3.8) is 0 Å². The number of likely N-dealkylation sites (tertiary alicyclic amines) is 1. The molecule has 2 saturated heterocycles. The van der Waals surface area contributed by atoms with Gasteiger partial charge in [-0.15, -0.1) is 23.7 Å². The highest BCUT2D eigenvalue weighted by Crippen LogP contribution is 2.38. The molecule has 1 spiro atoms. The van der Waals surface area contributed by atoms with E-state index in [0.29, 0.717) is 17.7 Å². The van der Waals surface area contributed by atoms with Crippen LogP contribution < -0.4 is 5.32 Å². The number of carbonyl (C=O) groups excluding carboxylic acids is 1. The summed E-state index contributed by atoms with van der Waals surface area (Å²) in [5, 5.41) is 6.55. The molecule has 2 aromatic rings. The Labute approximate surface area is 164 Å². The molecule has 2 aliphatic rings. The van der Waals surface area contributed by atoms with Gasteiger partial charge in [-0.05, 0) is 49.9 Å². The number of hydrogen-bond donors (Lipinski definition) is 1. The van der Waals surface area contributed by atoms with Gasteiger partial charge in [0.2, 0.25) is 5.91 Å². The minimum absolute atomic E-state index is 0. The number of thiazole rings is 1. The lowest BCUT2D eigenvalue weighted by atomic mass is 9.72. The fourth-order valence-corrected chi connectivity index (χ4v) is 4.81. The molecule has 0 aliphatic carbocycles. The van der Waals surface area contributed by atoms with Gasteiger partial charge in [-0.3, -0.25) is 9.78 Å². The second kappa shape index (κ2) is 8.46. The fourth-order valence-electron chi connectivity index (χ4n) is 3.96. The number of pyridine rings is 1. The number of hydrogen-bond acceptors (Lipinski definition) is 5. The van der Waals surface area contributed by atoms with Crippen molar-refractivity contribution in [2.24, 2.45) is 5.41 Å². The van der Waals surface area contributed by atoms with Crippen LogP contribution in [0.4, 0.5) is 0 Å². The summed E-state index contributed by atoms with van der Waals surface area (Å²) >= 11 is 1.65. The minimum atomic E-state index is 0. The van der Waals surface area contributed by atoms with Crippen LogP contribution in [-0.4, -0.2) is 47.0 Å². The third-order valence-corrected chi connectivity index (χ3v) is 6.45. The molecular weight excluding hydrogens is 368 g/mol. The van der Waals surface area contributed by atoms with Crippen LogP contribution in [0.3, 0.4) is 0 Å². The molecule has 2 aromatic heterocycles. The molecule has 5 nitrogen and oxygen atoms in total. The van der Waals surface area contributed by atoms with Crippen molar-refractivity contribution >= 4 is 29.7 Å². The zero-order valence-corrected chi connectivity index (χ0v) is 16.5. The highest BCUT2D eigenvalue weighted by molar-refractivity contribution is 7.13. The van der Waals surface area contributed by atoms with E-state index in [4.69, 9.17) is 4.98 Å². The summed E-state index contributed by atoms with van der Waals surface area (Å²) in [7, 11) is 0. The Bertz CT molecular complexity index is 730. The number of nitrogens with one attached hydrogen (secondary N) is 1. The SMILES string of the molecule is Cl.O=C1CCC2(CCNCC2)CN1CCc1csc(-c2cccnc2)n1. The van der Waals surface area contributed by atoms with Gasteiger partial charge in [0.05, 0.1) is 5.69 Å². The van der Waals surface area contributed by atoms with E-state index in [1.807, 2.05) is 18.3 Å². The average molecular weight is 393 g/mol. The van der Waals surface area contributed by atoms with Crippen LogP contribution in [0.5, 0.6) is 0 Å². The molecular formula is C19H25ClN4OS. The molecule has 4 rings (SSSR count). The Kier molecular flexibility index (Phi) is 6.27. The first-order valence-corrected chi connectivity index (χ1v) is 9.95. The lowest BCUT2D eigenvalue weighted by molar-refractivity contribution is -0.138. The van der Waals surface area contributed by atoms with E-state index in [9.17, 15) is 4.79 Å². The number of aromatic nitrogens is 2. The van der Waals surface area contributed by atoms with Crippen LogP contribution in [0.1, 0.15) is 31.4 Å². The zero-order chi connectivity index (χ0) is 17.1. The highest BCUT2D eigenvalue weighted by atomic mass is 35.5. The summed E-state index contributed by atoms with van der Waals surface area (Å²) in [6.07, 6.45) is 8.60. The van der Waals surface area contributed by atoms with Gasteiger partial charge in [0.25, 0.3) is 0 Å². The lowest BCUT2D eigenvalue weighted by Crippen LogP contribution is -2.51. The summed E-state index contributed by atoms with van der Waals surface area (Å²) in [4.78, 5) is 23.3. The number of nitrogens with zero attached hydrogens (tertiary/aromatic N) is 3. The first-order valence-electron chi connectivity index (χ1n) is 9.07. The average Bonchev–Trinajstić information content (AvgIpc) is 3.13. The summed E-state index contributed by atoms with van der Waals surface area (Å²) in [6, 6.07) is 3.96. The van der Waals surface area contributed by atoms with Gasteiger partial charge in [0.1, 0.15) is 5.01 Å². The Balaban J connectivity index is 0.00000196. The van der Waals surface area contributed by atoms with E-state index in [2.05, 4.69) is 20.6 Å². The van der Waals surface area contributed by atoms with Crippen molar-refractivity contribution in [1.29, 1.82) is 0 Å². The van der Waals surface area contributed by atoms with Crippen LogP contribution in [0.2, 0.25) is 0 Å². The second-order valence-electron chi connectivity index (χ2n) is 7.20. The monoisotopic (exact) mass is 392 g/mol. The first-order chi connectivity index (χ1) is 12.2. The smallest absolute Gasteiger partial charge is 0.222 e. The topological polar surface area (TPSA) is 58.1 Å². The van der Waals surface area contributed by atoms with Crippen molar-refractivity contribution in [2.45, 2.75) is 32.1 Å². The number of amides is 1. The molecule has 0 saturated carbocycles. The Hall–Kier alpha value is -1.50. The van der Waals surface area contributed by atoms with Crippen LogP contribution >= 0.6 is 23.7 Å². The quantitative estimate of drug-likeness (QED) is 0.868. The third kappa shape index (κ3) is 4.24. The maximum Gasteiger partial charge on any atom is 0.222 e. The summed E-state index contributed by atoms with van der Waals surface area (Å²) in [6.45, 7) is 3.88. The molecule has 2 fully saturated rings. The maximum absolute atomic E-state index is 12.4. The van der Waals surface area contributed by atoms with Gasteiger partial charge in [0, 0.05) is 49.3 Å². The second-order valence-corrected chi connectivity index (χ2v) is 8.06. The highest BCUT2D eigenvalue weighted by Gasteiger charge is 2.39. The summed E-state index contributed by atoms with van der Waals surface area (Å²) in [5.41, 5.74) is 2.48. The minimum Gasteiger partial charge on any atom is -0.342 e. The fraction of sp³-hybridized carbons (Fsp3) is 0.526. The number of carbonyl (C=O) groups is 1. The van der Waals surface area contributed by atoms with Crippen molar-refractivity contribution in [3.8, 4) is 10.6 Å². The molecule has 0 unspecified atom stereocenters. The molecule has 4 heterocycles. The lowest BCUT2D eigenvalue weighted by Gasteiger charge is -2.45. The van der Waals surface area contributed by atoms with Gasteiger partial charge >= 0.3 is 0 Å². The molecule has 0 aromatic carbocycles. The van der Waals surface area contributed by atoms with Gasteiger partial charge in [-0.2, -0.15) is 0 Å². The Morgan fingerprint density at radius 1 is 1.27 bits per heavy atom. The Morgan fingerprint density at radius 2 is 2.12 bits per heavy atom. The van der Waals surface area contributed by atoms with Gasteiger partial charge in [0.15, 0.2) is 0 Å². The Morgan fingerprint density at radius 3 is 2.88 bits per heavy atom. The van der Waals surface area contributed by atoms with Gasteiger partial charge in [-0.1, -0.05) is 0 Å². The number of piperidine rings is 2. The van der Waals surface area contributed by atoms with Crippen LogP contribution in [0.15, 0.2) is 29.9 Å². The van der Waals surface area contributed by atoms with Crippen molar-refractivity contribution in [2.75, 3.05) is 26.2 Å². The van der Waals surface area contributed by atoms with Gasteiger partial charge in [-0.25, -0.2) is 4.98 Å². The van der Waals surface area contributed by atoms with Crippen LogP contribution in [-0.2, 0) is 11.2 Å². The standard InChI is InChI=1S/C19H24N4OS.ClH/c24-17-3-5-19(6-9-20-10-7-19)14-23(17)11-4-16-13-25-18(22-16)15-2-1-8-21-12-15;/h1-2,8,12-13,20H,3-7,9-11,14H2;1H. The summed E-state index contributed by atoms with van der Waals surface area (Å²) < 4.78 is 0. The molecule has 7 heteroatoms. The summed E-state index contributed by atoms with van der Waals surface area (Å²) in [5.74, 6) is 0.312. The van der Waals surface area contributed by atoms with Gasteiger partial charge < -0.3 is 10.2 Å². The maximum atomic E-state index is 12.4. The largest absolute Gasteiger partial charge is 0.342 e. The first kappa shape index (κ1) is 19.3. The molecule has 0 radical (unpaired) electrons. The van der Waals surface area contributed by atoms with E-state index in [1.54, 1.807) is 17.5 Å². The molecule has 1 amide bonds. The molecule has 0 bridgehead atoms.